The number of nitrogens with zero attached hydrogens (tertiary/aromatic N) is 5. The Bertz CT molecular complexity index is 736. The Hall–Kier alpha value is -1.93. The number of hydrogen-bond acceptors (Lipinski definition) is 6. The van der Waals surface area contributed by atoms with Crippen molar-refractivity contribution in [1.82, 2.24) is 25.1 Å². The summed E-state index contributed by atoms with van der Waals surface area (Å²) in [6.07, 6.45) is 0.134. The van der Waals surface area contributed by atoms with Gasteiger partial charge in [-0.15, -0.1) is 5.10 Å². The third-order valence-corrected chi connectivity index (χ3v) is 5.25. The van der Waals surface area contributed by atoms with E-state index in [0.717, 1.165) is 5.69 Å². The van der Waals surface area contributed by atoms with Crippen molar-refractivity contribution in [3.05, 3.63) is 29.8 Å². The molecule has 3 rings (SSSR count). The van der Waals surface area contributed by atoms with E-state index in [9.17, 15) is 4.79 Å². The normalized spacial score (nSPS) is 20.6. The second-order valence-electron chi connectivity index (χ2n) is 6.96. The van der Waals surface area contributed by atoms with E-state index in [0.29, 0.717) is 29.9 Å². The van der Waals surface area contributed by atoms with Crippen LogP contribution in [0.1, 0.15) is 39.2 Å². The predicted octanol–water partition coefficient (Wildman–Crippen LogP) is 2.51. The molecule has 7 nitrogen and oxygen atoms in total. The standard InChI is InChI=1S/C18H25N5O2S/c1-12(2)15-5-7-16(8-6-15)23-18(19-20-21-23)26-11-17(24)22-9-13(3)25-14(4)10-22/h5-8,12-14H,9-11H2,1-4H3. The summed E-state index contributed by atoms with van der Waals surface area (Å²) in [7, 11) is 0. The molecule has 2 unspecified atom stereocenters. The highest BCUT2D eigenvalue weighted by Gasteiger charge is 2.26. The number of benzene rings is 1. The second-order valence-corrected chi connectivity index (χ2v) is 7.91. The van der Waals surface area contributed by atoms with E-state index in [4.69, 9.17) is 4.74 Å². The van der Waals surface area contributed by atoms with Gasteiger partial charge in [0, 0.05) is 13.1 Å². The highest BCUT2D eigenvalue weighted by atomic mass is 32.2. The van der Waals surface area contributed by atoms with Crippen LogP contribution >= 0.6 is 11.8 Å². The molecule has 2 heterocycles. The number of amides is 1. The summed E-state index contributed by atoms with van der Waals surface area (Å²) in [6, 6.07) is 8.17. The van der Waals surface area contributed by atoms with Crippen molar-refractivity contribution in [3.8, 4) is 5.69 Å². The molecule has 140 valence electrons. The Kier molecular flexibility index (Phi) is 5.93. The number of carbonyl (C=O) groups excluding carboxylic acids is 1. The lowest BCUT2D eigenvalue weighted by Crippen LogP contribution is -2.48. The predicted molar refractivity (Wildman–Crippen MR) is 101 cm³/mol. The first kappa shape index (κ1) is 18.8. The zero-order valence-corrected chi connectivity index (χ0v) is 16.4. The number of thioether (sulfide) groups is 1. The lowest BCUT2D eigenvalue weighted by molar-refractivity contribution is -0.140. The summed E-state index contributed by atoms with van der Waals surface area (Å²) in [5.41, 5.74) is 2.16. The zero-order chi connectivity index (χ0) is 18.7. The van der Waals surface area contributed by atoms with E-state index in [1.807, 2.05) is 30.9 Å². The SMILES string of the molecule is CC1CN(C(=O)CSc2nnnn2-c2ccc(C(C)C)cc2)CC(C)O1. The first-order chi connectivity index (χ1) is 12.4. The first-order valence-electron chi connectivity index (χ1n) is 8.88. The summed E-state index contributed by atoms with van der Waals surface area (Å²) in [5.74, 6) is 0.869. The second kappa shape index (κ2) is 8.18. The third kappa shape index (κ3) is 4.42. The van der Waals surface area contributed by atoms with Crippen LogP contribution in [0, 0.1) is 0 Å². The van der Waals surface area contributed by atoms with Gasteiger partial charge in [-0.25, -0.2) is 0 Å². The van der Waals surface area contributed by atoms with Gasteiger partial charge in [-0.2, -0.15) is 4.68 Å². The van der Waals surface area contributed by atoms with Gasteiger partial charge >= 0.3 is 0 Å². The Labute approximate surface area is 158 Å². The van der Waals surface area contributed by atoms with Crippen LogP contribution in [0.15, 0.2) is 29.4 Å². The van der Waals surface area contributed by atoms with Crippen LogP contribution in [-0.4, -0.2) is 62.1 Å². The fraction of sp³-hybridized carbons (Fsp3) is 0.556. The van der Waals surface area contributed by atoms with Gasteiger partial charge in [0.1, 0.15) is 0 Å². The van der Waals surface area contributed by atoms with E-state index < -0.39 is 0 Å². The van der Waals surface area contributed by atoms with Gasteiger partial charge in [0.15, 0.2) is 0 Å². The molecule has 0 bridgehead atoms. The molecule has 0 aliphatic carbocycles. The molecule has 26 heavy (non-hydrogen) atoms. The Balaban J connectivity index is 1.64. The number of morpholine rings is 1. The van der Waals surface area contributed by atoms with Gasteiger partial charge in [0.2, 0.25) is 11.1 Å². The average Bonchev–Trinajstić information content (AvgIpc) is 3.07. The lowest BCUT2D eigenvalue weighted by Gasteiger charge is -2.35. The number of hydrogen-bond donors (Lipinski definition) is 0. The number of ether oxygens (including phenoxy) is 1. The number of rotatable bonds is 5. The van der Waals surface area contributed by atoms with E-state index in [2.05, 4.69) is 41.5 Å². The maximum atomic E-state index is 12.5. The molecular weight excluding hydrogens is 350 g/mol. The summed E-state index contributed by atoms with van der Waals surface area (Å²) < 4.78 is 7.36. The Morgan fingerprint density at radius 3 is 2.50 bits per heavy atom. The van der Waals surface area contributed by atoms with Crippen LogP contribution < -0.4 is 0 Å². The highest BCUT2D eigenvalue weighted by Crippen LogP contribution is 2.22. The van der Waals surface area contributed by atoms with E-state index >= 15 is 0 Å². The van der Waals surface area contributed by atoms with Crippen molar-refractivity contribution >= 4 is 17.7 Å². The minimum Gasteiger partial charge on any atom is -0.372 e. The smallest absolute Gasteiger partial charge is 0.233 e. The maximum Gasteiger partial charge on any atom is 0.233 e. The summed E-state index contributed by atoms with van der Waals surface area (Å²) in [4.78, 5) is 14.4. The van der Waals surface area contributed by atoms with Crippen LogP contribution in [0.25, 0.3) is 5.69 Å². The van der Waals surface area contributed by atoms with Crippen molar-refractivity contribution in [3.63, 3.8) is 0 Å². The maximum absolute atomic E-state index is 12.5. The molecule has 1 aromatic carbocycles. The van der Waals surface area contributed by atoms with E-state index in [-0.39, 0.29) is 18.1 Å². The Morgan fingerprint density at radius 1 is 1.23 bits per heavy atom. The summed E-state index contributed by atoms with van der Waals surface area (Å²) in [5, 5.41) is 12.5. The minimum atomic E-state index is 0.0671. The molecule has 0 radical (unpaired) electrons. The molecule has 0 saturated carbocycles. The third-order valence-electron chi connectivity index (χ3n) is 4.34. The average molecular weight is 375 g/mol. The van der Waals surface area contributed by atoms with Crippen molar-refractivity contribution in [2.75, 3.05) is 18.8 Å². The van der Waals surface area contributed by atoms with E-state index in [1.165, 1.54) is 17.3 Å². The molecule has 0 N–H and O–H groups in total. The molecular formula is C18H25N5O2S. The number of carbonyl (C=O) groups is 1. The Morgan fingerprint density at radius 2 is 1.88 bits per heavy atom. The fourth-order valence-electron chi connectivity index (χ4n) is 3.03. The molecule has 1 aliphatic rings. The van der Waals surface area contributed by atoms with Crippen molar-refractivity contribution < 1.29 is 9.53 Å². The van der Waals surface area contributed by atoms with Crippen LogP contribution in [-0.2, 0) is 9.53 Å². The topological polar surface area (TPSA) is 73.1 Å². The van der Waals surface area contributed by atoms with Crippen molar-refractivity contribution in [2.45, 2.75) is 51.0 Å². The molecule has 2 atom stereocenters. The summed E-state index contributed by atoms with van der Waals surface area (Å²) in [6.45, 7) is 9.56. The molecule has 2 aromatic rings. The van der Waals surface area contributed by atoms with Gasteiger partial charge in [-0.1, -0.05) is 37.7 Å². The van der Waals surface area contributed by atoms with Crippen molar-refractivity contribution in [2.24, 2.45) is 0 Å². The van der Waals surface area contributed by atoms with Gasteiger partial charge in [0.25, 0.3) is 0 Å². The molecule has 1 saturated heterocycles. The zero-order valence-electron chi connectivity index (χ0n) is 15.6. The fourth-order valence-corrected chi connectivity index (χ4v) is 3.82. The molecule has 1 aromatic heterocycles. The van der Waals surface area contributed by atoms with Crippen molar-refractivity contribution in [1.29, 1.82) is 0 Å². The molecule has 0 spiro atoms. The number of tetrazole rings is 1. The van der Waals surface area contributed by atoms with Gasteiger partial charge in [0.05, 0.1) is 23.6 Å². The highest BCUT2D eigenvalue weighted by molar-refractivity contribution is 7.99. The first-order valence-corrected chi connectivity index (χ1v) is 9.87. The van der Waals surface area contributed by atoms with Crippen LogP contribution in [0.3, 0.4) is 0 Å². The van der Waals surface area contributed by atoms with Gasteiger partial charge in [-0.3, -0.25) is 4.79 Å². The van der Waals surface area contributed by atoms with Crippen LogP contribution in [0.5, 0.6) is 0 Å². The number of aromatic nitrogens is 4. The monoisotopic (exact) mass is 375 g/mol. The lowest BCUT2D eigenvalue weighted by atomic mass is 10.0. The van der Waals surface area contributed by atoms with Crippen LogP contribution in [0.4, 0.5) is 0 Å². The minimum absolute atomic E-state index is 0.0671. The van der Waals surface area contributed by atoms with Gasteiger partial charge in [-0.05, 0) is 47.9 Å². The molecule has 1 aliphatic heterocycles. The molecule has 1 amide bonds. The summed E-state index contributed by atoms with van der Waals surface area (Å²) >= 11 is 1.36. The quantitative estimate of drug-likeness (QED) is 0.748. The van der Waals surface area contributed by atoms with Gasteiger partial charge < -0.3 is 9.64 Å². The van der Waals surface area contributed by atoms with E-state index in [1.54, 1.807) is 4.68 Å². The van der Waals surface area contributed by atoms with Crippen LogP contribution in [0.2, 0.25) is 0 Å². The largest absolute Gasteiger partial charge is 0.372 e. The molecule has 8 heteroatoms. The molecule has 1 fully saturated rings.